The van der Waals surface area contributed by atoms with Crippen molar-refractivity contribution in [2.45, 2.75) is 6.42 Å². The molecule has 1 aromatic rings. The Balaban J connectivity index is 2.58. The first-order chi connectivity index (χ1) is 7.63. The fourth-order valence-corrected chi connectivity index (χ4v) is 2.51. The zero-order valence-electron chi connectivity index (χ0n) is 8.31. The van der Waals surface area contributed by atoms with Crippen molar-refractivity contribution in [3.05, 3.63) is 40.6 Å². The van der Waals surface area contributed by atoms with Gasteiger partial charge in [-0.05, 0) is 0 Å². The van der Waals surface area contributed by atoms with Crippen LogP contribution < -0.4 is 3.15 Å². The third-order valence-electron chi connectivity index (χ3n) is 2.50. The number of aliphatic hydroxyl groups excluding tert-OH is 1. The fraction of sp³-hybridized carbons (Fsp3) is 0.182. The molecule has 1 aliphatic rings. The van der Waals surface area contributed by atoms with E-state index in [-0.39, 0.29) is 5.78 Å². The normalized spacial score (nSPS) is 18.5. The van der Waals surface area contributed by atoms with Gasteiger partial charge in [0.1, 0.15) is 0 Å². The van der Waals surface area contributed by atoms with Crippen molar-refractivity contribution in [2.24, 2.45) is 0 Å². The standard InChI is InChI=1S/C11H9ClNO2Te/c12-8-1-2-9-10(5-8)13(16)4-3-7(6-14)11(9)15/h1-2,5-6,14H,3-4H2/b7-6+. The second-order valence-electron chi connectivity index (χ2n) is 3.50. The molecule has 0 saturated carbocycles. The van der Waals surface area contributed by atoms with Crippen LogP contribution in [0.25, 0.3) is 0 Å². The number of hydrogen-bond donors (Lipinski definition) is 1. The second kappa shape index (κ2) is 4.67. The number of ketones is 1. The number of fused-ring (bicyclic) bond motifs is 1. The average Bonchev–Trinajstić information content (AvgIpc) is 2.39. The minimum atomic E-state index is -0.125. The van der Waals surface area contributed by atoms with Crippen molar-refractivity contribution >= 4 is 45.6 Å². The van der Waals surface area contributed by atoms with Crippen LogP contribution in [0.5, 0.6) is 0 Å². The molecule has 0 fully saturated rings. The number of anilines is 1. The molecule has 1 aromatic carbocycles. The third kappa shape index (κ3) is 2.06. The molecule has 0 saturated heterocycles. The van der Waals surface area contributed by atoms with E-state index < -0.39 is 0 Å². The first kappa shape index (κ1) is 11.8. The molecule has 3 nitrogen and oxygen atoms in total. The van der Waals surface area contributed by atoms with Gasteiger partial charge in [-0.3, -0.25) is 0 Å². The average molecular weight is 350 g/mol. The number of Topliss-reactive ketones (excluding diaryl/α,β-unsaturated/α-hetero) is 1. The second-order valence-corrected chi connectivity index (χ2v) is 5.19. The van der Waals surface area contributed by atoms with Gasteiger partial charge < -0.3 is 0 Å². The number of nitrogens with zero attached hydrogens (tertiary/aromatic N) is 1. The molecule has 0 bridgehead atoms. The summed E-state index contributed by atoms with van der Waals surface area (Å²) >= 11 is 7.74. The number of benzene rings is 1. The summed E-state index contributed by atoms with van der Waals surface area (Å²) in [6, 6.07) is 5.16. The van der Waals surface area contributed by atoms with Gasteiger partial charge in [-0.1, -0.05) is 0 Å². The number of hydrogen-bond acceptors (Lipinski definition) is 3. The Kier molecular flexibility index (Phi) is 3.44. The van der Waals surface area contributed by atoms with Crippen molar-refractivity contribution in [1.82, 2.24) is 0 Å². The van der Waals surface area contributed by atoms with E-state index in [0.29, 0.717) is 29.1 Å². The molecular formula is C11H9ClNO2Te. The molecule has 0 atom stereocenters. The van der Waals surface area contributed by atoms with E-state index in [1.165, 1.54) is 0 Å². The van der Waals surface area contributed by atoms with E-state index >= 15 is 0 Å². The number of carbonyl (C=O) groups excluding carboxylic acids is 1. The summed E-state index contributed by atoms with van der Waals surface area (Å²) in [5.41, 5.74) is 1.85. The summed E-state index contributed by atoms with van der Waals surface area (Å²) in [5, 5.41) is 9.63. The maximum atomic E-state index is 12.0. The summed E-state index contributed by atoms with van der Waals surface area (Å²) in [5.74, 6) is -0.125. The molecule has 1 aliphatic heterocycles. The maximum absolute atomic E-state index is 12.0. The quantitative estimate of drug-likeness (QED) is 0.443. The Hall–Kier alpha value is -0.690. The van der Waals surface area contributed by atoms with Crippen molar-refractivity contribution in [3.63, 3.8) is 0 Å². The summed E-state index contributed by atoms with van der Waals surface area (Å²) < 4.78 is 1.98. The zero-order valence-corrected chi connectivity index (χ0v) is 11.4. The van der Waals surface area contributed by atoms with Gasteiger partial charge in [0, 0.05) is 0 Å². The van der Waals surface area contributed by atoms with Gasteiger partial charge in [0.15, 0.2) is 0 Å². The molecule has 0 aliphatic carbocycles. The van der Waals surface area contributed by atoms with Gasteiger partial charge in [0.2, 0.25) is 0 Å². The molecule has 83 valence electrons. The molecule has 0 unspecified atom stereocenters. The fourth-order valence-electron chi connectivity index (χ4n) is 1.66. The van der Waals surface area contributed by atoms with Crippen LogP contribution in [-0.2, 0) is 0 Å². The van der Waals surface area contributed by atoms with Crippen LogP contribution in [0.2, 0.25) is 5.02 Å². The topological polar surface area (TPSA) is 40.5 Å². The molecule has 0 aromatic heterocycles. The van der Waals surface area contributed by atoms with Gasteiger partial charge in [-0.15, -0.1) is 0 Å². The van der Waals surface area contributed by atoms with Gasteiger partial charge in [0.05, 0.1) is 0 Å². The van der Waals surface area contributed by atoms with Crippen molar-refractivity contribution in [2.75, 3.05) is 9.70 Å². The number of aliphatic hydroxyl groups is 1. The Morgan fingerprint density at radius 3 is 2.94 bits per heavy atom. The monoisotopic (exact) mass is 352 g/mol. The predicted octanol–water partition coefficient (Wildman–Crippen LogP) is 2.26. The van der Waals surface area contributed by atoms with Gasteiger partial charge in [-0.2, -0.15) is 0 Å². The molecule has 1 N–H and O–H groups in total. The molecular weight excluding hydrogens is 341 g/mol. The molecule has 1 radical (unpaired) electrons. The van der Waals surface area contributed by atoms with E-state index in [1.807, 2.05) is 25.7 Å². The Labute approximate surface area is 112 Å². The van der Waals surface area contributed by atoms with Crippen LogP contribution in [0, 0.1) is 0 Å². The molecule has 2 rings (SSSR count). The molecule has 16 heavy (non-hydrogen) atoms. The van der Waals surface area contributed by atoms with Crippen LogP contribution in [0.1, 0.15) is 16.8 Å². The molecule has 0 spiro atoms. The summed E-state index contributed by atoms with van der Waals surface area (Å²) in [7, 11) is 0. The SMILES string of the molecule is O=C1/C(=C/O)CCN([Te])c2cc(Cl)ccc21. The van der Waals surface area contributed by atoms with E-state index in [4.69, 9.17) is 16.7 Å². The first-order valence-corrected chi connectivity index (χ1v) is 6.17. The van der Waals surface area contributed by atoms with Gasteiger partial charge >= 0.3 is 112 Å². The zero-order chi connectivity index (χ0) is 11.7. The minimum absolute atomic E-state index is 0.125. The number of carbonyl (C=O) groups is 1. The van der Waals surface area contributed by atoms with Gasteiger partial charge in [-0.25, -0.2) is 0 Å². The summed E-state index contributed by atoms with van der Waals surface area (Å²) in [4.78, 5) is 12.0. The van der Waals surface area contributed by atoms with Crippen LogP contribution in [-0.4, -0.2) is 40.0 Å². The van der Waals surface area contributed by atoms with Crippen LogP contribution in [0.15, 0.2) is 30.0 Å². The number of halogens is 1. The predicted molar refractivity (Wildman–Crippen MR) is 64.2 cm³/mol. The van der Waals surface area contributed by atoms with Crippen LogP contribution >= 0.6 is 11.6 Å². The van der Waals surface area contributed by atoms with E-state index in [0.717, 1.165) is 11.9 Å². The Morgan fingerprint density at radius 1 is 1.50 bits per heavy atom. The van der Waals surface area contributed by atoms with Crippen molar-refractivity contribution in [3.8, 4) is 0 Å². The van der Waals surface area contributed by atoms with Crippen molar-refractivity contribution in [1.29, 1.82) is 0 Å². The van der Waals surface area contributed by atoms with Crippen LogP contribution in [0.4, 0.5) is 5.69 Å². The van der Waals surface area contributed by atoms with Crippen LogP contribution in [0.3, 0.4) is 0 Å². The van der Waals surface area contributed by atoms with E-state index in [1.54, 1.807) is 18.2 Å². The van der Waals surface area contributed by atoms with E-state index in [9.17, 15) is 4.79 Å². The Bertz CT molecular complexity index is 473. The Morgan fingerprint density at radius 2 is 2.25 bits per heavy atom. The van der Waals surface area contributed by atoms with E-state index in [2.05, 4.69) is 0 Å². The van der Waals surface area contributed by atoms with Crippen molar-refractivity contribution < 1.29 is 9.90 Å². The summed E-state index contributed by atoms with van der Waals surface area (Å²) in [6.07, 6.45) is 1.45. The first-order valence-electron chi connectivity index (χ1n) is 4.75. The number of rotatable bonds is 0. The third-order valence-corrected chi connectivity index (χ3v) is 3.82. The van der Waals surface area contributed by atoms with Gasteiger partial charge in [0.25, 0.3) is 0 Å². The molecule has 1 heterocycles. The summed E-state index contributed by atoms with van der Waals surface area (Å²) in [6.45, 7) is 0.690. The molecule has 0 amide bonds. The molecule has 5 heteroatoms.